The molecule has 8 aromatic rings. The Morgan fingerprint density at radius 2 is 0.782 bits per heavy atom. The van der Waals surface area contributed by atoms with Crippen molar-refractivity contribution >= 4 is 17.1 Å². The molecule has 0 aliphatic heterocycles. The van der Waals surface area contributed by atoms with Gasteiger partial charge in [-0.15, -0.1) is 0 Å². The van der Waals surface area contributed by atoms with Crippen molar-refractivity contribution in [2.75, 3.05) is 4.90 Å². The maximum atomic E-state index is 10.9. The van der Waals surface area contributed by atoms with Gasteiger partial charge in [0.2, 0.25) is 0 Å². The predicted octanol–water partition coefficient (Wildman–Crippen LogP) is 12.9. The highest BCUT2D eigenvalue weighted by Gasteiger charge is 2.44. The molecule has 0 heterocycles. The molecule has 0 saturated heterocycles. The molecule has 8 aromatic carbocycles. The first kappa shape index (κ1) is 32.2. The normalized spacial score (nSPS) is 14.5. The third kappa shape index (κ3) is 5.26. The fourth-order valence-corrected chi connectivity index (χ4v) is 8.91. The van der Waals surface area contributed by atoms with Gasteiger partial charge in [-0.25, -0.2) is 0 Å². The van der Waals surface area contributed by atoms with Crippen LogP contribution in [0.25, 0.3) is 33.4 Å². The van der Waals surface area contributed by atoms with E-state index in [0.29, 0.717) is 11.1 Å². The molecule has 0 radical (unpaired) electrons. The van der Waals surface area contributed by atoms with E-state index in [4.69, 9.17) is 0 Å². The summed E-state index contributed by atoms with van der Waals surface area (Å²) in [6, 6.07) is 70.9. The van der Waals surface area contributed by atoms with Crippen LogP contribution < -0.4 is 4.90 Å². The molecular weight excluding hydrogens is 667 g/mol. The van der Waals surface area contributed by atoms with Crippen molar-refractivity contribution in [3.63, 3.8) is 0 Å². The van der Waals surface area contributed by atoms with Crippen LogP contribution in [0.2, 0.25) is 0 Å². The van der Waals surface area contributed by atoms with Gasteiger partial charge >= 0.3 is 0 Å². The lowest BCUT2D eigenvalue weighted by Crippen LogP contribution is -2.29. The number of hydrogen-bond acceptors (Lipinski definition) is 3. The highest BCUT2D eigenvalue weighted by atomic mass is 15.1. The van der Waals surface area contributed by atoms with Crippen LogP contribution in [0.3, 0.4) is 0 Å². The van der Waals surface area contributed by atoms with Crippen molar-refractivity contribution in [3.8, 4) is 45.5 Å². The SMILES string of the molecule is N#Cc1cccc2c1C1c3ccccc3C2c2c1ccc(-c1ccc(N(c3ccc(-c4ccccc4)cc3)c3ccc(-c4ccccc4)cc3)cc1)c2C#N. The van der Waals surface area contributed by atoms with Gasteiger partial charge in [0, 0.05) is 28.9 Å². The third-order valence-corrected chi connectivity index (χ3v) is 11.4. The summed E-state index contributed by atoms with van der Waals surface area (Å²) in [4.78, 5) is 2.28. The Morgan fingerprint density at radius 3 is 1.29 bits per heavy atom. The molecule has 0 amide bonds. The molecule has 0 fully saturated rings. The van der Waals surface area contributed by atoms with E-state index in [1.165, 1.54) is 33.4 Å². The number of anilines is 3. The molecule has 11 rings (SSSR count). The van der Waals surface area contributed by atoms with Gasteiger partial charge in [0.15, 0.2) is 0 Å². The van der Waals surface area contributed by atoms with E-state index in [-0.39, 0.29) is 11.8 Å². The van der Waals surface area contributed by atoms with Gasteiger partial charge in [0.1, 0.15) is 6.07 Å². The Labute approximate surface area is 321 Å². The van der Waals surface area contributed by atoms with Crippen LogP contribution in [0.15, 0.2) is 188 Å². The minimum atomic E-state index is -0.110. The summed E-state index contributed by atoms with van der Waals surface area (Å²) in [5.74, 6) is -0.192. The third-order valence-electron chi connectivity index (χ3n) is 11.4. The molecule has 2 unspecified atom stereocenters. The van der Waals surface area contributed by atoms with E-state index in [1.807, 2.05) is 24.3 Å². The average Bonchev–Trinajstić information content (AvgIpc) is 3.27. The van der Waals surface area contributed by atoms with Crippen LogP contribution in [0, 0.1) is 22.7 Å². The van der Waals surface area contributed by atoms with Gasteiger partial charge in [-0.1, -0.05) is 146 Å². The summed E-state index contributed by atoms with van der Waals surface area (Å²) in [6.45, 7) is 0. The maximum absolute atomic E-state index is 10.9. The van der Waals surface area contributed by atoms with E-state index >= 15 is 0 Å². The fraction of sp³-hybridized carbons (Fsp3) is 0.0385. The monoisotopic (exact) mass is 699 g/mol. The van der Waals surface area contributed by atoms with E-state index < -0.39 is 0 Å². The molecule has 0 aromatic heterocycles. The summed E-state index contributed by atoms with van der Waals surface area (Å²) in [7, 11) is 0. The van der Waals surface area contributed by atoms with Crippen molar-refractivity contribution < 1.29 is 0 Å². The van der Waals surface area contributed by atoms with E-state index in [2.05, 4.69) is 181 Å². The summed E-state index contributed by atoms with van der Waals surface area (Å²) in [5, 5.41) is 21.0. The van der Waals surface area contributed by atoms with Crippen molar-refractivity contribution in [1.82, 2.24) is 0 Å². The Hall–Kier alpha value is -7.46. The van der Waals surface area contributed by atoms with Crippen molar-refractivity contribution in [2.24, 2.45) is 0 Å². The van der Waals surface area contributed by atoms with Gasteiger partial charge < -0.3 is 4.90 Å². The van der Waals surface area contributed by atoms with Gasteiger partial charge in [0.25, 0.3) is 0 Å². The molecule has 3 aliphatic carbocycles. The lowest BCUT2D eigenvalue weighted by atomic mass is 9.59. The molecule has 2 atom stereocenters. The largest absolute Gasteiger partial charge is 0.311 e. The van der Waals surface area contributed by atoms with Crippen LogP contribution in [0.1, 0.15) is 56.3 Å². The zero-order valence-electron chi connectivity index (χ0n) is 29.9. The van der Waals surface area contributed by atoms with E-state index in [9.17, 15) is 10.5 Å². The lowest BCUT2D eigenvalue weighted by Gasteiger charge is -2.43. The maximum Gasteiger partial charge on any atom is 0.100 e. The summed E-state index contributed by atoms with van der Waals surface area (Å²) < 4.78 is 0. The first-order chi connectivity index (χ1) is 27.2. The lowest BCUT2D eigenvalue weighted by molar-refractivity contribution is 0.750. The fourth-order valence-electron chi connectivity index (χ4n) is 8.91. The molecule has 3 aliphatic rings. The van der Waals surface area contributed by atoms with Crippen LogP contribution in [-0.4, -0.2) is 0 Å². The first-order valence-electron chi connectivity index (χ1n) is 18.6. The number of hydrogen-bond donors (Lipinski definition) is 0. The average molecular weight is 700 g/mol. The number of nitriles is 2. The Kier molecular flexibility index (Phi) is 7.73. The minimum absolute atomic E-state index is 0.0827. The standard InChI is InChI=1S/C52H33N3/c53-32-39-14-9-17-46-49(39)50-44-15-7-8-16-45(44)51(46)52-47(50)31-30-43(48(52)33-54)38-22-28-42(29-23-38)55(40-24-18-36(19-25-40)34-10-3-1-4-11-34)41-26-20-37(21-27-41)35-12-5-2-6-13-35/h1-31,50-51H. The van der Waals surface area contributed by atoms with E-state index in [1.54, 1.807) is 0 Å². The second kappa shape index (κ2) is 13.2. The summed E-state index contributed by atoms with van der Waals surface area (Å²) >= 11 is 0. The quantitative estimate of drug-likeness (QED) is 0.174. The zero-order valence-corrected chi connectivity index (χ0v) is 29.9. The van der Waals surface area contributed by atoms with Crippen LogP contribution >= 0.6 is 0 Å². The second-order valence-corrected chi connectivity index (χ2v) is 14.2. The van der Waals surface area contributed by atoms with E-state index in [0.717, 1.165) is 50.4 Å². The smallest absolute Gasteiger partial charge is 0.100 e. The Balaban J connectivity index is 1.06. The van der Waals surface area contributed by atoms with Gasteiger partial charge in [-0.05, 0) is 109 Å². The Bertz CT molecular complexity index is 2730. The molecule has 55 heavy (non-hydrogen) atoms. The van der Waals surface area contributed by atoms with Gasteiger partial charge in [-0.2, -0.15) is 10.5 Å². The molecule has 2 bridgehead atoms. The zero-order chi connectivity index (χ0) is 36.9. The number of nitrogens with zero attached hydrogens (tertiary/aromatic N) is 3. The van der Waals surface area contributed by atoms with Crippen molar-refractivity contribution in [2.45, 2.75) is 11.8 Å². The molecule has 3 nitrogen and oxygen atoms in total. The molecule has 0 N–H and O–H groups in total. The molecular formula is C52H33N3. The molecule has 0 spiro atoms. The van der Waals surface area contributed by atoms with Gasteiger partial charge in [0.05, 0.1) is 17.2 Å². The minimum Gasteiger partial charge on any atom is -0.311 e. The number of benzene rings is 8. The second-order valence-electron chi connectivity index (χ2n) is 14.2. The highest BCUT2D eigenvalue weighted by molar-refractivity contribution is 5.84. The van der Waals surface area contributed by atoms with Crippen LogP contribution in [0.4, 0.5) is 17.1 Å². The van der Waals surface area contributed by atoms with Crippen LogP contribution in [0.5, 0.6) is 0 Å². The van der Waals surface area contributed by atoms with Gasteiger partial charge in [-0.3, -0.25) is 0 Å². The molecule has 256 valence electrons. The predicted molar refractivity (Wildman–Crippen MR) is 222 cm³/mol. The van der Waals surface area contributed by atoms with Crippen molar-refractivity contribution in [3.05, 3.63) is 233 Å². The molecule has 3 heteroatoms. The number of rotatable bonds is 6. The summed E-state index contributed by atoms with van der Waals surface area (Å²) in [5.41, 5.74) is 18.0. The first-order valence-corrected chi connectivity index (χ1v) is 18.6. The summed E-state index contributed by atoms with van der Waals surface area (Å²) in [6.07, 6.45) is 0. The molecule has 0 saturated carbocycles. The Morgan fingerprint density at radius 1 is 0.345 bits per heavy atom. The topological polar surface area (TPSA) is 50.8 Å². The van der Waals surface area contributed by atoms with Crippen molar-refractivity contribution in [1.29, 1.82) is 10.5 Å². The van der Waals surface area contributed by atoms with Crippen LogP contribution in [-0.2, 0) is 0 Å². The highest BCUT2D eigenvalue weighted by Crippen LogP contribution is 2.58.